The van der Waals surface area contributed by atoms with E-state index in [0.717, 1.165) is 22.5 Å². The highest BCUT2D eigenvalue weighted by Crippen LogP contribution is 2.37. The highest BCUT2D eigenvalue weighted by atomic mass is 32.2. The molecule has 2 atom stereocenters. The number of nitrogens with zero attached hydrogens (tertiary/aromatic N) is 1. The van der Waals surface area contributed by atoms with Crippen LogP contribution in [0.3, 0.4) is 0 Å². The van der Waals surface area contributed by atoms with Crippen LogP contribution in [0.15, 0.2) is 42.5 Å². The molecule has 0 amide bonds. The third-order valence-corrected chi connectivity index (χ3v) is 5.29. The van der Waals surface area contributed by atoms with Crippen molar-refractivity contribution in [2.75, 3.05) is 16.3 Å². The van der Waals surface area contributed by atoms with Gasteiger partial charge in [-0.25, -0.2) is 0 Å². The average molecular weight is 383 g/mol. The van der Waals surface area contributed by atoms with Gasteiger partial charge in [0.25, 0.3) is 0 Å². The zero-order valence-electron chi connectivity index (χ0n) is 15.9. The first kappa shape index (κ1) is 20.8. The molecule has 0 saturated heterocycles. The van der Waals surface area contributed by atoms with Crippen molar-refractivity contribution in [3.63, 3.8) is 0 Å². The maximum Gasteiger partial charge on any atom is 0.0991 e. The summed E-state index contributed by atoms with van der Waals surface area (Å²) in [6.45, 7) is 3.97. The number of aliphatic hydroxyl groups is 1. The summed E-state index contributed by atoms with van der Waals surface area (Å²) in [5, 5.41) is 31.4. The Morgan fingerprint density at radius 1 is 1.22 bits per heavy atom. The topological polar surface area (TPSA) is 91.9 Å². The second-order valence-corrected chi connectivity index (χ2v) is 6.89. The molecule has 0 fully saturated rings. The first-order chi connectivity index (χ1) is 13.1. The van der Waals surface area contributed by atoms with E-state index in [9.17, 15) is 5.11 Å². The normalized spacial score (nSPS) is 13.9. The lowest BCUT2D eigenvalue weighted by Crippen LogP contribution is -2.46. The number of hydrogen-bond acceptors (Lipinski definition) is 6. The zero-order chi connectivity index (χ0) is 19.9. The van der Waals surface area contributed by atoms with Gasteiger partial charge in [0, 0.05) is 23.7 Å². The Hall–Kier alpha value is -2.49. The summed E-state index contributed by atoms with van der Waals surface area (Å²) >= 11 is 1.47. The van der Waals surface area contributed by atoms with Crippen molar-refractivity contribution in [3.05, 3.63) is 59.2 Å². The fourth-order valence-corrected chi connectivity index (χ4v) is 3.73. The Morgan fingerprint density at radius 3 is 2.41 bits per heavy atom. The number of aliphatic hydroxyl groups excluding tert-OH is 1. The first-order valence-corrected chi connectivity index (χ1v) is 10.2. The molecule has 2 aromatic rings. The van der Waals surface area contributed by atoms with E-state index in [1.165, 1.54) is 18.2 Å². The SMILES string of the molecule is CCC(O)C(CC)(Nc1cccc(NSC)c1C=N)c1ccc(C#N)cc1. The van der Waals surface area contributed by atoms with Crippen molar-refractivity contribution in [3.8, 4) is 6.07 Å². The van der Waals surface area contributed by atoms with Crippen LogP contribution in [0, 0.1) is 16.7 Å². The monoisotopic (exact) mass is 382 g/mol. The Kier molecular flexibility index (Phi) is 7.28. The maximum atomic E-state index is 10.9. The minimum absolute atomic E-state index is 0.573. The average Bonchev–Trinajstić information content (AvgIpc) is 2.72. The number of nitriles is 1. The van der Waals surface area contributed by atoms with Crippen molar-refractivity contribution in [2.45, 2.75) is 38.3 Å². The third-order valence-electron chi connectivity index (χ3n) is 4.86. The van der Waals surface area contributed by atoms with Crippen molar-refractivity contribution in [1.82, 2.24) is 0 Å². The Balaban J connectivity index is 2.57. The largest absolute Gasteiger partial charge is 0.390 e. The molecule has 0 aliphatic carbocycles. The fraction of sp³-hybridized carbons (Fsp3) is 0.333. The van der Waals surface area contributed by atoms with Crippen molar-refractivity contribution >= 4 is 29.5 Å². The third kappa shape index (κ3) is 4.26. The molecule has 0 radical (unpaired) electrons. The smallest absolute Gasteiger partial charge is 0.0991 e. The van der Waals surface area contributed by atoms with Gasteiger partial charge in [-0.2, -0.15) is 5.26 Å². The van der Waals surface area contributed by atoms with Gasteiger partial charge in [-0.1, -0.05) is 44.0 Å². The molecule has 0 heterocycles. The predicted octanol–water partition coefficient (Wildman–Crippen LogP) is 4.73. The van der Waals surface area contributed by atoms with E-state index in [2.05, 4.69) is 16.1 Å². The molecule has 0 aromatic heterocycles. The van der Waals surface area contributed by atoms with Crippen LogP contribution in [-0.4, -0.2) is 23.7 Å². The summed E-state index contributed by atoms with van der Waals surface area (Å²) in [5.74, 6) is 0. The van der Waals surface area contributed by atoms with Gasteiger partial charge in [-0.05, 0) is 42.7 Å². The van der Waals surface area contributed by atoms with Crippen LogP contribution in [0.1, 0.15) is 43.4 Å². The Labute approximate surface area is 165 Å². The van der Waals surface area contributed by atoms with E-state index >= 15 is 0 Å². The fourth-order valence-electron chi connectivity index (χ4n) is 3.34. The highest BCUT2D eigenvalue weighted by molar-refractivity contribution is 7.99. The number of rotatable bonds is 9. The van der Waals surface area contributed by atoms with Gasteiger partial charge in [0.15, 0.2) is 0 Å². The minimum atomic E-state index is -0.724. The van der Waals surface area contributed by atoms with E-state index in [1.807, 2.05) is 50.4 Å². The standard InChI is InChI=1S/C21H26N4OS/c1-4-20(26)21(5-2,16-11-9-15(13-22)10-12-16)24-18-7-6-8-19(25-27-3)17(18)14-23/h6-12,14,20,23-26H,4-5H2,1-3H3. The quantitative estimate of drug-likeness (QED) is 0.371. The highest BCUT2D eigenvalue weighted by Gasteiger charge is 2.37. The van der Waals surface area contributed by atoms with Gasteiger partial charge in [0.1, 0.15) is 0 Å². The van der Waals surface area contributed by atoms with E-state index in [-0.39, 0.29) is 0 Å². The molecule has 6 heteroatoms. The summed E-state index contributed by atoms with van der Waals surface area (Å²) in [5.41, 5.74) is 3.14. The molecular weight excluding hydrogens is 356 g/mol. The lowest BCUT2D eigenvalue weighted by Gasteiger charge is -2.40. The lowest BCUT2D eigenvalue weighted by atomic mass is 9.80. The van der Waals surface area contributed by atoms with E-state index in [1.54, 1.807) is 12.1 Å². The van der Waals surface area contributed by atoms with Gasteiger partial charge in [-0.3, -0.25) is 0 Å². The van der Waals surface area contributed by atoms with E-state index < -0.39 is 11.6 Å². The zero-order valence-corrected chi connectivity index (χ0v) is 16.7. The molecule has 0 aliphatic rings. The molecule has 0 spiro atoms. The van der Waals surface area contributed by atoms with Gasteiger partial charge in [0.2, 0.25) is 0 Å². The Bertz CT molecular complexity index is 816. The van der Waals surface area contributed by atoms with E-state index in [4.69, 9.17) is 10.7 Å². The number of hydrogen-bond donors (Lipinski definition) is 4. The van der Waals surface area contributed by atoms with Crippen LogP contribution in [0.4, 0.5) is 11.4 Å². The minimum Gasteiger partial charge on any atom is -0.390 e. The molecule has 5 nitrogen and oxygen atoms in total. The van der Waals surface area contributed by atoms with Crippen LogP contribution in [-0.2, 0) is 5.54 Å². The number of anilines is 2. The molecule has 142 valence electrons. The Morgan fingerprint density at radius 2 is 1.89 bits per heavy atom. The van der Waals surface area contributed by atoms with Gasteiger partial charge in [0.05, 0.1) is 29.0 Å². The second kappa shape index (κ2) is 9.45. The number of benzene rings is 2. The molecule has 0 bridgehead atoms. The molecule has 2 rings (SSSR count). The molecule has 2 unspecified atom stereocenters. The maximum absolute atomic E-state index is 10.9. The summed E-state index contributed by atoms with van der Waals surface area (Å²) in [6, 6.07) is 15.2. The van der Waals surface area contributed by atoms with Crippen molar-refractivity contribution in [1.29, 1.82) is 10.7 Å². The first-order valence-electron chi connectivity index (χ1n) is 8.95. The van der Waals surface area contributed by atoms with Crippen LogP contribution >= 0.6 is 11.9 Å². The molecule has 0 saturated carbocycles. The van der Waals surface area contributed by atoms with Crippen LogP contribution in [0.25, 0.3) is 0 Å². The van der Waals surface area contributed by atoms with Crippen LogP contribution in [0.5, 0.6) is 0 Å². The molecular formula is C21H26N4OS. The van der Waals surface area contributed by atoms with E-state index in [0.29, 0.717) is 18.4 Å². The molecule has 2 aromatic carbocycles. The predicted molar refractivity (Wildman–Crippen MR) is 115 cm³/mol. The lowest BCUT2D eigenvalue weighted by molar-refractivity contribution is 0.0885. The molecule has 0 aliphatic heterocycles. The van der Waals surface area contributed by atoms with Crippen molar-refractivity contribution < 1.29 is 5.11 Å². The summed E-state index contributed by atoms with van der Waals surface area (Å²) in [4.78, 5) is 0. The van der Waals surface area contributed by atoms with Crippen molar-refractivity contribution in [2.24, 2.45) is 0 Å². The van der Waals surface area contributed by atoms with Crippen LogP contribution in [0.2, 0.25) is 0 Å². The summed E-state index contributed by atoms with van der Waals surface area (Å²) < 4.78 is 3.20. The molecule has 4 N–H and O–H groups in total. The summed E-state index contributed by atoms with van der Waals surface area (Å²) in [7, 11) is 0. The second-order valence-electron chi connectivity index (χ2n) is 6.28. The van der Waals surface area contributed by atoms with Gasteiger partial charge >= 0.3 is 0 Å². The van der Waals surface area contributed by atoms with Gasteiger partial charge < -0.3 is 20.6 Å². The summed E-state index contributed by atoms with van der Waals surface area (Å²) in [6.07, 6.45) is 3.83. The number of nitrogens with one attached hydrogen (secondary N) is 3. The van der Waals surface area contributed by atoms with Crippen LogP contribution < -0.4 is 10.0 Å². The molecule has 27 heavy (non-hydrogen) atoms. The van der Waals surface area contributed by atoms with Gasteiger partial charge in [-0.15, -0.1) is 0 Å².